The molecule has 116 valence electrons. The lowest BCUT2D eigenvalue weighted by molar-refractivity contribution is -0.122. The molecule has 1 aromatic heterocycles. The average molecular weight is 298 g/mol. The Kier molecular flexibility index (Phi) is 4.24. The highest BCUT2D eigenvalue weighted by Crippen LogP contribution is 2.23. The molecule has 5 heteroatoms. The summed E-state index contributed by atoms with van der Waals surface area (Å²) >= 11 is 0. The van der Waals surface area contributed by atoms with E-state index in [9.17, 15) is 4.79 Å². The number of hydrogen-bond donors (Lipinski definition) is 2. The Balaban J connectivity index is 1.63. The summed E-state index contributed by atoms with van der Waals surface area (Å²) < 4.78 is 0. The van der Waals surface area contributed by atoms with Gasteiger partial charge in [-0.2, -0.15) is 5.10 Å². The summed E-state index contributed by atoms with van der Waals surface area (Å²) in [6, 6.07) is 12.6. The van der Waals surface area contributed by atoms with Crippen LogP contribution in [0.15, 0.2) is 36.4 Å². The largest absolute Gasteiger partial charge is 0.352 e. The zero-order valence-corrected chi connectivity index (χ0v) is 13.0. The highest BCUT2D eigenvalue weighted by molar-refractivity contribution is 5.78. The molecule has 0 unspecified atom stereocenters. The molecule has 0 saturated heterocycles. The number of benzene rings is 1. The molecule has 0 spiro atoms. The van der Waals surface area contributed by atoms with Gasteiger partial charge in [-0.3, -0.25) is 14.8 Å². The number of likely N-dealkylation sites (N-methyl/N-ethyl adjacent to an activating group) is 1. The van der Waals surface area contributed by atoms with Crippen LogP contribution in [-0.2, 0) is 4.79 Å². The van der Waals surface area contributed by atoms with Gasteiger partial charge in [-0.15, -0.1) is 0 Å². The molecule has 0 radical (unpaired) electrons. The molecule has 5 nitrogen and oxygen atoms in total. The van der Waals surface area contributed by atoms with Crippen molar-refractivity contribution in [1.29, 1.82) is 0 Å². The number of rotatable bonds is 6. The van der Waals surface area contributed by atoms with E-state index in [0.29, 0.717) is 12.6 Å². The summed E-state index contributed by atoms with van der Waals surface area (Å²) in [4.78, 5) is 13.9. The first-order valence-electron chi connectivity index (χ1n) is 7.74. The first-order chi connectivity index (χ1) is 10.6. The number of carbonyl (C=O) groups is 1. The van der Waals surface area contributed by atoms with Crippen LogP contribution >= 0.6 is 0 Å². The number of aromatic nitrogens is 2. The van der Waals surface area contributed by atoms with Crippen molar-refractivity contribution >= 4 is 5.91 Å². The van der Waals surface area contributed by atoms with Gasteiger partial charge in [-0.05, 0) is 32.9 Å². The summed E-state index contributed by atoms with van der Waals surface area (Å²) in [7, 11) is 1.96. The lowest BCUT2D eigenvalue weighted by Crippen LogP contribution is -2.37. The molecular formula is C17H22N4O. The van der Waals surface area contributed by atoms with E-state index in [-0.39, 0.29) is 11.9 Å². The molecule has 2 aromatic rings. The predicted molar refractivity (Wildman–Crippen MR) is 86.2 cm³/mol. The van der Waals surface area contributed by atoms with E-state index in [1.165, 1.54) is 0 Å². The van der Waals surface area contributed by atoms with Crippen LogP contribution < -0.4 is 5.32 Å². The molecule has 2 N–H and O–H groups in total. The van der Waals surface area contributed by atoms with Crippen molar-refractivity contribution < 1.29 is 4.79 Å². The third-order valence-electron chi connectivity index (χ3n) is 4.11. The van der Waals surface area contributed by atoms with Gasteiger partial charge in [0.15, 0.2) is 0 Å². The number of carbonyl (C=O) groups excluding carboxylic acids is 1. The van der Waals surface area contributed by atoms with Crippen molar-refractivity contribution in [3.63, 3.8) is 0 Å². The van der Waals surface area contributed by atoms with Crippen molar-refractivity contribution in [2.45, 2.75) is 31.8 Å². The molecule has 1 aliphatic carbocycles. The SMILES string of the molecule is C[C@@H](c1cc(-c2ccccc2)n[nH]1)N(C)CC(=O)NC1CC1. The highest BCUT2D eigenvalue weighted by Gasteiger charge is 2.24. The van der Waals surface area contributed by atoms with Crippen LogP contribution in [0.4, 0.5) is 0 Å². The van der Waals surface area contributed by atoms with Gasteiger partial charge in [0.1, 0.15) is 0 Å². The first kappa shape index (κ1) is 14.8. The van der Waals surface area contributed by atoms with Gasteiger partial charge in [0.25, 0.3) is 0 Å². The van der Waals surface area contributed by atoms with E-state index >= 15 is 0 Å². The van der Waals surface area contributed by atoms with Gasteiger partial charge in [0.2, 0.25) is 5.91 Å². The summed E-state index contributed by atoms with van der Waals surface area (Å²) in [6.07, 6.45) is 2.23. The van der Waals surface area contributed by atoms with Gasteiger partial charge < -0.3 is 5.32 Å². The van der Waals surface area contributed by atoms with E-state index < -0.39 is 0 Å². The van der Waals surface area contributed by atoms with E-state index in [2.05, 4.69) is 28.5 Å². The zero-order chi connectivity index (χ0) is 15.5. The number of amides is 1. The Morgan fingerprint density at radius 2 is 2.14 bits per heavy atom. The topological polar surface area (TPSA) is 61.0 Å². The number of nitrogens with zero attached hydrogens (tertiary/aromatic N) is 2. The fourth-order valence-corrected chi connectivity index (χ4v) is 2.41. The third-order valence-corrected chi connectivity index (χ3v) is 4.11. The Morgan fingerprint density at radius 3 is 2.82 bits per heavy atom. The van der Waals surface area contributed by atoms with Gasteiger partial charge in [-0.1, -0.05) is 30.3 Å². The minimum Gasteiger partial charge on any atom is -0.352 e. The molecule has 1 aromatic carbocycles. The minimum absolute atomic E-state index is 0.0969. The second-order valence-corrected chi connectivity index (χ2v) is 6.01. The Bertz CT molecular complexity index is 633. The molecule has 22 heavy (non-hydrogen) atoms. The molecule has 1 saturated carbocycles. The van der Waals surface area contributed by atoms with E-state index in [0.717, 1.165) is 29.8 Å². The summed E-state index contributed by atoms with van der Waals surface area (Å²) in [5.74, 6) is 0.0969. The fourth-order valence-electron chi connectivity index (χ4n) is 2.41. The van der Waals surface area contributed by atoms with Crippen molar-refractivity contribution in [2.75, 3.05) is 13.6 Å². The van der Waals surface area contributed by atoms with Crippen LogP contribution in [0.5, 0.6) is 0 Å². The van der Waals surface area contributed by atoms with Gasteiger partial charge >= 0.3 is 0 Å². The number of nitrogens with one attached hydrogen (secondary N) is 2. The quantitative estimate of drug-likeness (QED) is 0.860. The monoisotopic (exact) mass is 298 g/mol. The molecule has 0 bridgehead atoms. The lowest BCUT2D eigenvalue weighted by atomic mass is 10.1. The van der Waals surface area contributed by atoms with Crippen LogP contribution in [-0.4, -0.2) is 40.6 Å². The summed E-state index contributed by atoms with van der Waals surface area (Å²) in [5, 5.41) is 10.5. The fraction of sp³-hybridized carbons (Fsp3) is 0.412. The van der Waals surface area contributed by atoms with Crippen LogP contribution in [0.2, 0.25) is 0 Å². The highest BCUT2D eigenvalue weighted by atomic mass is 16.2. The minimum atomic E-state index is 0.0969. The van der Waals surface area contributed by atoms with Gasteiger partial charge in [-0.25, -0.2) is 0 Å². The van der Waals surface area contributed by atoms with Gasteiger partial charge in [0.05, 0.1) is 17.9 Å². The van der Waals surface area contributed by atoms with Crippen LogP contribution in [0.25, 0.3) is 11.3 Å². The second kappa shape index (κ2) is 6.32. The smallest absolute Gasteiger partial charge is 0.234 e. The van der Waals surface area contributed by atoms with Crippen LogP contribution in [0.3, 0.4) is 0 Å². The molecule has 1 heterocycles. The second-order valence-electron chi connectivity index (χ2n) is 6.01. The standard InChI is InChI=1S/C17H22N4O/c1-12(21(2)11-17(22)18-14-8-9-14)15-10-16(20-19-15)13-6-4-3-5-7-13/h3-7,10,12,14H,8-9,11H2,1-2H3,(H,18,22)(H,19,20)/t12-/m0/s1. The first-order valence-corrected chi connectivity index (χ1v) is 7.74. The Morgan fingerprint density at radius 1 is 1.41 bits per heavy atom. The van der Waals surface area contributed by atoms with Crippen LogP contribution in [0, 0.1) is 0 Å². The molecule has 1 amide bonds. The van der Waals surface area contributed by atoms with Gasteiger partial charge in [0, 0.05) is 17.6 Å². The maximum Gasteiger partial charge on any atom is 0.234 e. The Labute approximate surface area is 130 Å². The Hall–Kier alpha value is -2.14. The zero-order valence-electron chi connectivity index (χ0n) is 13.0. The van der Waals surface area contributed by atoms with Crippen LogP contribution in [0.1, 0.15) is 31.5 Å². The number of aromatic amines is 1. The maximum absolute atomic E-state index is 11.9. The third kappa shape index (κ3) is 3.54. The van der Waals surface area contributed by atoms with E-state index in [1.54, 1.807) is 0 Å². The molecule has 3 rings (SSSR count). The van der Waals surface area contributed by atoms with Crippen molar-refractivity contribution in [1.82, 2.24) is 20.4 Å². The van der Waals surface area contributed by atoms with Crippen molar-refractivity contribution in [2.24, 2.45) is 0 Å². The number of H-pyrrole nitrogens is 1. The lowest BCUT2D eigenvalue weighted by Gasteiger charge is -2.22. The van der Waals surface area contributed by atoms with E-state index in [1.807, 2.05) is 42.3 Å². The summed E-state index contributed by atoms with van der Waals surface area (Å²) in [5.41, 5.74) is 3.03. The molecule has 0 aliphatic heterocycles. The summed E-state index contributed by atoms with van der Waals surface area (Å²) in [6.45, 7) is 2.48. The molecule has 1 aliphatic rings. The number of hydrogen-bond acceptors (Lipinski definition) is 3. The average Bonchev–Trinajstić information content (AvgIpc) is 3.19. The van der Waals surface area contributed by atoms with Crippen molar-refractivity contribution in [3.05, 3.63) is 42.1 Å². The molecule has 1 atom stereocenters. The normalized spacial score (nSPS) is 15.8. The maximum atomic E-state index is 11.9. The predicted octanol–water partition coefficient (Wildman–Crippen LogP) is 2.35. The van der Waals surface area contributed by atoms with E-state index in [4.69, 9.17) is 0 Å². The molecular weight excluding hydrogens is 276 g/mol. The van der Waals surface area contributed by atoms with Crippen molar-refractivity contribution in [3.8, 4) is 11.3 Å². The molecule has 1 fully saturated rings.